The minimum Gasteiger partial charge on any atom is -0.347 e. The van der Waals surface area contributed by atoms with E-state index in [0.717, 1.165) is 9.87 Å². The van der Waals surface area contributed by atoms with Crippen LogP contribution in [0.3, 0.4) is 0 Å². The third-order valence-electron chi connectivity index (χ3n) is 6.47. The van der Waals surface area contributed by atoms with Crippen molar-refractivity contribution in [1.82, 2.24) is 15.3 Å². The molecular formula is C27H26FN5O5S2. The Labute approximate surface area is 231 Å². The third-order valence-corrected chi connectivity index (χ3v) is 9.67. The van der Waals surface area contributed by atoms with Crippen molar-refractivity contribution >= 4 is 48.4 Å². The summed E-state index contributed by atoms with van der Waals surface area (Å²) >= 11 is 0. The number of carbonyl (C=O) groups is 1. The molecule has 10 nitrogen and oxygen atoms in total. The second-order valence-electron chi connectivity index (χ2n) is 9.38. The maximum atomic E-state index is 13.5. The van der Waals surface area contributed by atoms with Crippen molar-refractivity contribution in [2.24, 2.45) is 0 Å². The highest BCUT2D eigenvalue weighted by atomic mass is 32.2. The van der Waals surface area contributed by atoms with Crippen LogP contribution >= 0.6 is 0 Å². The maximum absolute atomic E-state index is 13.5. The minimum atomic E-state index is -4.19. The Balaban J connectivity index is 1.65. The van der Waals surface area contributed by atoms with E-state index in [4.69, 9.17) is 0 Å². The molecule has 0 atom stereocenters. The number of nitrogens with one attached hydrogen (secondary N) is 2. The number of aryl methyl sites for hydroxylation is 1. The van der Waals surface area contributed by atoms with Gasteiger partial charge in [0.05, 0.1) is 10.6 Å². The summed E-state index contributed by atoms with van der Waals surface area (Å²) in [4.78, 5) is 22.3. The van der Waals surface area contributed by atoms with Gasteiger partial charge < -0.3 is 5.32 Å². The molecule has 40 heavy (non-hydrogen) atoms. The van der Waals surface area contributed by atoms with Crippen LogP contribution in [-0.4, -0.2) is 45.0 Å². The average Bonchev–Trinajstić information content (AvgIpc) is 2.93. The van der Waals surface area contributed by atoms with E-state index in [2.05, 4.69) is 20.0 Å². The van der Waals surface area contributed by atoms with Crippen molar-refractivity contribution in [3.63, 3.8) is 0 Å². The molecule has 0 unspecified atom stereocenters. The van der Waals surface area contributed by atoms with Crippen LogP contribution in [-0.2, 0) is 26.6 Å². The zero-order valence-corrected chi connectivity index (χ0v) is 23.1. The van der Waals surface area contributed by atoms with Gasteiger partial charge in [0.25, 0.3) is 15.9 Å². The van der Waals surface area contributed by atoms with Crippen LogP contribution in [0.15, 0.2) is 71.8 Å². The highest BCUT2D eigenvalue weighted by Gasteiger charge is 2.32. The molecule has 1 aliphatic rings. The summed E-state index contributed by atoms with van der Waals surface area (Å²) in [6, 6.07) is 14.8. The molecule has 0 saturated carbocycles. The number of aromatic nitrogens is 2. The van der Waals surface area contributed by atoms with Gasteiger partial charge in [-0.2, -0.15) is 0 Å². The molecule has 1 amide bonds. The smallest absolute Gasteiger partial charge is 0.272 e. The van der Waals surface area contributed by atoms with Gasteiger partial charge in [0.1, 0.15) is 17.0 Å². The summed E-state index contributed by atoms with van der Waals surface area (Å²) in [6.07, 6.45) is 2.51. The first-order chi connectivity index (χ1) is 19.0. The first-order valence-electron chi connectivity index (χ1n) is 12.5. The Morgan fingerprint density at radius 2 is 1.77 bits per heavy atom. The molecule has 2 N–H and O–H groups in total. The van der Waals surface area contributed by atoms with Crippen LogP contribution in [0.2, 0.25) is 0 Å². The lowest BCUT2D eigenvalue weighted by Gasteiger charge is -2.29. The standard InChI is InChI=1S/C27H26FN5O5S2/c1-18-6-12-21(13-7-18)40(37,38)32-24-23-22(5-4-14-29-23)26(33-15-2-3-16-39(33,35)36)31-25(24)27(34)30-17-19-8-10-20(28)11-9-19/h4-14,32H,2-3,15-17H2,1H3,(H,30,34). The highest BCUT2D eigenvalue weighted by molar-refractivity contribution is 7.93. The number of carbonyl (C=O) groups excluding carboxylic acids is 1. The molecule has 5 rings (SSSR count). The van der Waals surface area contributed by atoms with E-state index in [1.807, 2.05) is 6.92 Å². The molecular weight excluding hydrogens is 557 g/mol. The van der Waals surface area contributed by atoms with Crippen molar-refractivity contribution in [1.29, 1.82) is 0 Å². The van der Waals surface area contributed by atoms with E-state index in [-0.39, 0.29) is 51.8 Å². The molecule has 1 fully saturated rings. The summed E-state index contributed by atoms with van der Waals surface area (Å²) in [6.45, 7) is 1.97. The van der Waals surface area contributed by atoms with Gasteiger partial charge in [-0.15, -0.1) is 0 Å². The molecule has 2 aromatic heterocycles. The Bertz CT molecular complexity index is 1800. The van der Waals surface area contributed by atoms with Crippen molar-refractivity contribution < 1.29 is 26.0 Å². The third kappa shape index (κ3) is 5.61. The van der Waals surface area contributed by atoms with Gasteiger partial charge in [0.15, 0.2) is 11.5 Å². The van der Waals surface area contributed by atoms with Crippen molar-refractivity contribution in [3.8, 4) is 0 Å². The van der Waals surface area contributed by atoms with Gasteiger partial charge in [0, 0.05) is 24.7 Å². The predicted molar refractivity (Wildman–Crippen MR) is 149 cm³/mol. The normalized spacial score (nSPS) is 15.1. The number of sulfonamides is 2. The van der Waals surface area contributed by atoms with Gasteiger partial charge >= 0.3 is 0 Å². The number of nitrogens with zero attached hydrogens (tertiary/aromatic N) is 3. The molecule has 1 saturated heterocycles. The molecule has 208 valence electrons. The summed E-state index contributed by atoms with van der Waals surface area (Å²) < 4.78 is 69.7. The summed E-state index contributed by atoms with van der Waals surface area (Å²) in [5.41, 5.74) is 0.983. The lowest BCUT2D eigenvalue weighted by atomic mass is 10.1. The lowest BCUT2D eigenvalue weighted by molar-refractivity contribution is 0.0947. The minimum absolute atomic E-state index is 0.00647. The number of pyridine rings is 2. The highest BCUT2D eigenvalue weighted by Crippen LogP contribution is 2.35. The van der Waals surface area contributed by atoms with Crippen molar-refractivity contribution in [2.45, 2.75) is 31.2 Å². The topological polar surface area (TPSA) is 138 Å². The summed E-state index contributed by atoms with van der Waals surface area (Å²) in [5, 5.41) is 2.94. The van der Waals surface area contributed by atoms with Crippen LogP contribution in [0, 0.1) is 12.7 Å². The Morgan fingerprint density at radius 1 is 1.05 bits per heavy atom. The lowest BCUT2D eigenvalue weighted by Crippen LogP contribution is -2.39. The van der Waals surface area contributed by atoms with Crippen LogP contribution < -0.4 is 14.3 Å². The second-order valence-corrected chi connectivity index (χ2v) is 13.1. The van der Waals surface area contributed by atoms with E-state index in [0.29, 0.717) is 18.4 Å². The Hall–Kier alpha value is -4.10. The van der Waals surface area contributed by atoms with Gasteiger partial charge in [-0.3, -0.25) is 18.8 Å². The fourth-order valence-corrected chi connectivity index (χ4v) is 7.05. The van der Waals surface area contributed by atoms with Crippen LogP contribution in [0.1, 0.15) is 34.5 Å². The van der Waals surface area contributed by atoms with Gasteiger partial charge in [-0.25, -0.2) is 26.2 Å². The Morgan fingerprint density at radius 3 is 2.48 bits per heavy atom. The van der Waals surface area contributed by atoms with E-state index in [9.17, 15) is 26.0 Å². The fraction of sp³-hybridized carbons (Fsp3) is 0.222. The predicted octanol–water partition coefficient (Wildman–Crippen LogP) is 3.74. The van der Waals surface area contributed by atoms with Crippen LogP contribution in [0.25, 0.3) is 10.9 Å². The summed E-state index contributed by atoms with van der Waals surface area (Å²) in [7, 11) is -7.92. The van der Waals surface area contributed by atoms with Gasteiger partial charge in [0.2, 0.25) is 10.0 Å². The molecule has 2 aromatic carbocycles. The van der Waals surface area contributed by atoms with Crippen molar-refractivity contribution in [2.75, 3.05) is 21.3 Å². The van der Waals surface area contributed by atoms with E-state index in [1.165, 1.54) is 42.6 Å². The fourth-order valence-electron chi connectivity index (χ4n) is 4.38. The molecule has 0 aliphatic carbocycles. The molecule has 3 heterocycles. The van der Waals surface area contributed by atoms with Gasteiger partial charge in [-0.05, 0) is 61.7 Å². The molecule has 0 spiro atoms. The van der Waals surface area contributed by atoms with Crippen LogP contribution in [0.5, 0.6) is 0 Å². The monoisotopic (exact) mass is 583 g/mol. The number of hydrogen-bond donors (Lipinski definition) is 2. The molecule has 0 radical (unpaired) electrons. The number of hydrogen-bond acceptors (Lipinski definition) is 7. The van der Waals surface area contributed by atoms with E-state index >= 15 is 0 Å². The quantitative estimate of drug-likeness (QED) is 0.338. The van der Waals surface area contributed by atoms with Crippen molar-refractivity contribution in [3.05, 3.63) is 89.5 Å². The molecule has 4 aromatic rings. The first-order valence-corrected chi connectivity index (χ1v) is 15.6. The summed E-state index contributed by atoms with van der Waals surface area (Å²) in [5.74, 6) is -1.29. The number of halogens is 1. The number of anilines is 2. The van der Waals surface area contributed by atoms with E-state index in [1.54, 1.807) is 24.3 Å². The largest absolute Gasteiger partial charge is 0.347 e. The van der Waals surface area contributed by atoms with Gasteiger partial charge in [-0.1, -0.05) is 29.8 Å². The Kier molecular flexibility index (Phi) is 7.43. The number of amides is 1. The van der Waals surface area contributed by atoms with E-state index < -0.39 is 31.8 Å². The first kappa shape index (κ1) is 27.5. The van der Waals surface area contributed by atoms with Crippen LogP contribution in [0.4, 0.5) is 15.9 Å². The number of benzene rings is 2. The second kappa shape index (κ2) is 10.8. The molecule has 13 heteroatoms. The SMILES string of the molecule is Cc1ccc(S(=O)(=O)Nc2c(C(=O)NCc3ccc(F)cc3)nc(N3CCCCS3(=O)=O)c3cccnc23)cc1. The molecule has 1 aliphatic heterocycles. The average molecular weight is 584 g/mol. The molecule has 0 bridgehead atoms. The number of fused-ring (bicyclic) bond motifs is 1. The number of rotatable bonds is 7. The zero-order chi connectivity index (χ0) is 28.5. The maximum Gasteiger partial charge on any atom is 0.272 e. The zero-order valence-electron chi connectivity index (χ0n) is 21.5.